The van der Waals surface area contributed by atoms with Crippen LogP contribution in [0.4, 0.5) is 5.69 Å². The Morgan fingerprint density at radius 3 is 2.22 bits per heavy atom. The van der Waals surface area contributed by atoms with Crippen LogP contribution in [0.1, 0.15) is 28.8 Å². The lowest BCUT2D eigenvalue weighted by Crippen LogP contribution is -2.59. The lowest BCUT2D eigenvalue weighted by atomic mass is 9.88. The number of nitrogens with one attached hydrogen (secondary N) is 3. The summed E-state index contributed by atoms with van der Waals surface area (Å²) in [7, 11) is -3.92. The zero-order valence-electron chi connectivity index (χ0n) is 19.9. The maximum absolute atomic E-state index is 13.4. The molecule has 2 amide bonds. The van der Waals surface area contributed by atoms with Crippen LogP contribution < -0.4 is 21.5 Å². The van der Waals surface area contributed by atoms with Crippen LogP contribution in [0.15, 0.2) is 77.7 Å². The van der Waals surface area contributed by atoms with E-state index in [1.807, 2.05) is 0 Å². The van der Waals surface area contributed by atoms with E-state index in [1.165, 1.54) is 12.1 Å². The first-order chi connectivity index (χ1) is 17.6. The number of sulfonamides is 1. The van der Waals surface area contributed by atoms with Crippen molar-refractivity contribution in [3.05, 3.63) is 83.9 Å². The van der Waals surface area contributed by atoms with E-state index in [2.05, 4.69) is 10.6 Å². The van der Waals surface area contributed by atoms with E-state index in [9.17, 15) is 18.0 Å². The molecule has 37 heavy (non-hydrogen) atoms. The lowest BCUT2D eigenvalue weighted by Gasteiger charge is -2.36. The molecule has 0 aliphatic carbocycles. The van der Waals surface area contributed by atoms with E-state index in [4.69, 9.17) is 21.0 Å². The fourth-order valence-electron chi connectivity index (χ4n) is 4.18. The molecule has 11 heteroatoms. The highest BCUT2D eigenvalue weighted by molar-refractivity contribution is 7.89. The molecule has 0 bridgehead atoms. The highest BCUT2D eigenvalue weighted by atomic mass is 32.2. The topological polar surface area (TPSA) is 177 Å². The molecule has 0 unspecified atom stereocenters. The number of carbonyl (C=O) groups is 2. The Labute approximate surface area is 214 Å². The Balaban J connectivity index is 1.55. The van der Waals surface area contributed by atoms with Gasteiger partial charge in [-0.05, 0) is 35.9 Å². The van der Waals surface area contributed by atoms with Gasteiger partial charge in [0.1, 0.15) is 11.4 Å². The third-order valence-electron chi connectivity index (χ3n) is 6.22. The highest BCUT2D eigenvalue weighted by Gasteiger charge is 2.41. The molecule has 1 heterocycles. The van der Waals surface area contributed by atoms with Crippen LogP contribution in [-0.4, -0.2) is 44.8 Å². The van der Waals surface area contributed by atoms with Crippen molar-refractivity contribution in [3.8, 4) is 11.1 Å². The normalized spacial score (nSPS) is 14.9. The number of hydrogen-bond donors (Lipinski definition) is 5. The van der Waals surface area contributed by atoms with Crippen LogP contribution in [0.3, 0.4) is 0 Å². The van der Waals surface area contributed by atoms with Crippen LogP contribution in [-0.2, 0) is 19.6 Å². The van der Waals surface area contributed by atoms with E-state index >= 15 is 0 Å². The SMILES string of the molecule is N=C(N)c1cccc(C(=O)NC2(C(=O)Nc3ccc(-c4ccccc4S(N)(=O)=O)cc3)CCOCC2)c1. The molecule has 3 aromatic carbocycles. The predicted molar refractivity (Wildman–Crippen MR) is 140 cm³/mol. The maximum atomic E-state index is 13.4. The van der Waals surface area contributed by atoms with E-state index in [0.717, 1.165) is 0 Å². The number of nitrogens with two attached hydrogens (primary N) is 2. The number of ether oxygens (including phenoxy) is 1. The summed E-state index contributed by atoms with van der Waals surface area (Å²) in [5.41, 5.74) is 6.55. The van der Waals surface area contributed by atoms with Crippen molar-refractivity contribution in [2.24, 2.45) is 10.9 Å². The van der Waals surface area contributed by atoms with Crippen molar-refractivity contribution in [1.82, 2.24) is 5.32 Å². The van der Waals surface area contributed by atoms with Gasteiger partial charge in [0.25, 0.3) is 5.91 Å². The van der Waals surface area contributed by atoms with E-state index in [0.29, 0.717) is 35.6 Å². The average molecular weight is 522 g/mol. The Morgan fingerprint density at radius 2 is 1.57 bits per heavy atom. The summed E-state index contributed by atoms with van der Waals surface area (Å²) in [4.78, 5) is 26.5. The van der Waals surface area contributed by atoms with Gasteiger partial charge in [-0.25, -0.2) is 13.6 Å². The fraction of sp³-hybridized carbons (Fsp3) is 0.192. The van der Waals surface area contributed by atoms with Gasteiger partial charge in [-0.1, -0.05) is 42.5 Å². The van der Waals surface area contributed by atoms with Crippen molar-refractivity contribution in [1.29, 1.82) is 5.41 Å². The minimum Gasteiger partial charge on any atom is -0.384 e. The number of hydrogen-bond acceptors (Lipinski definition) is 6. The van der Waals surface area contributed by atoms with Crippen LogP contribution in [0.25, 0.3) is 11.1 Å². The van der Waals surface area contributed by atoms with Crippen molar-refractivity contribution < 1.29 is 22.7 Å². The van der Waals surface area contributed by atoms with Crippen molar-refractivity contribution >= 4 is 33.4 Å². The number of primary sulfonamides is 1. The number of benzene rings is 3. The average Bonchev–Trinajstić information content (AvgIpc) is 2.89. The second kappa shape index (κ2) is 10.5. The molecule has 4 rings (SSSR count). The molecule has 3 aromatic rings. The van der Waals surface area contributed by atoms with Gasteiger partial charge in [-0.3, -0.25) is 15.0 Å². The molecule has 1 aliphatic rings. The van der Waals surface area contributed by atoms with E-state index in [1.54, 1.807) is 60.7 Å². The summed E-state index contributed by atoms with van der Waals surface area (Å²) in [5, 5.41) is 18.7. The summed E-state index contributed by atoms with van der Waals surface area (Å²) in [5.74, 6) is -1.03. The molecule has 0 radical (unpaired) electrons. The van der Waals surface area contributed by atoms with Crippen molar-refractivity contribution in [3.63, 3.8) is 0 Å². The van der Waals surface area contributed by atoms with Crippen LogP contribution in [0, 0.1) is 5.41 Å². The number of nitrogen functional groups attached to an aromatic ring is 1. The number of carbonyl (C=O) groups excluding carboxylic acids is 2. The predicted octanol–water partition coefficient (Wildman–Crippen LogP) is 2.20. The zero-order valence-corrected chi connectivity index (χ0v) is 20.7. The lowest BCUT2D eigenvalue weighted by molar-refractivity contribution is -0.125. The monoisotopic (exact) mass is 521 g/mol. The summed E-state index contributed by atoms with van der Waals surface area (Å²) in [6, 6.07) is 19.4. The van der Waals surface area contributed by atoms with Gasteiger partial charge in [-0.15, -0.1) is 0 Å². The van der Waals surface area contributed by atoms with E-state index < -0.39 is 27.4 Å². The fourth-order valence-corrected chi connectivity index (χ4v) is 4.94. The minimum absolute atomic E-state index is 0.00417. The molecule has 7 N–H and O–H groups in total. The molecule has 0 spiro atoms. The molecule has 0 aromatic heterocycles. The largest absolute Gasteiger partial charge is 0.384 e. The second-order valence-corrected chi connectivity index (χ2v) is 10.2. The molecule has 192 valence electrons. The second-order valence-electron chi connectivity index (χ2n) is 8.72. The molecule has 1 fully saturated rings. The smallest absolute Gasteiger partial charge is 0.252 e. The van der Waals surface area contributed by atoms with Crippen molar-refractivity contribution in [2.45, 2.75) is 23.3 Å². The standard InChI is InChI=1S/C26H27N5O5S/c27-23(28)18-4-3-5-19(16-18)24(32)31-26(12-14-36-15-13-26)25(33)30-20-10-8-17(9-11-20)21-6-1-2-7-22(21)37(29,34)35/h1-11,16H,12-15H2,(H3,27,28)(H,30,33)(H,31,32)(H2,29,34,35). The summed E-state index contributed by atoms with van der Waals surface area (Å²) in [6.45, 7) is 0.592. The number of rotatable bonds is 7. The van der Waals surface area contributed by atoms with Gasteiger partial charge < -0.3 is 21.1 Å². The molecular formula is C26H27N5O5S. The minimum atomic E-state index is -3.92. The molecule has 1 aliphatic heterocycles. The Bertz CT molecular complexity index is 1450. The zero-order chi connectivity index (χ0) is 26.6. The van der Waals surface area contributed by atoms with Crippen LogP contribution >= 0.6 is 0 Å². The van der Waals surface area contributed by atoms with Gasteiger partial charge >= 0.3 is 0 Å². The van der Waals surface area contributed by atoms with Gasteiger partial charge in [-0.2, -0.15) is 0 Å². The summed E-state index contributed by atoms with van der Waals surface area (Å²) < 4.78 is 29.3. The number of amides is 2. The van der Waals surface area contributed by atoms with Crippen LogP contribution in [0.2, 0.25) is 0 Å². The molecule has 0 saturated carbocycles. The third-order valence-corrected chi connectivity index (χ3v) is 7.19. The number of anilines is 1. The molecule has 10 nitrogen and oxygen atoms in total. The van der Waals surface area contributed by atoms with Crippen molar-refractivity contribution in [2.75, 3.05) is 18.5 Å². The molecule has 1 saturated heterocycles. The first-order valence-electron chi connectivity index (χ1n) is 11.5. The first kappa shape index (κ1) is 26.0. The maximum Gasteiger partial charge on any atom is 0.252 e. The Kier molecular flexibility index (Phi) is 7.39. The Hall–Kier alpha value is -4.06. The summed E-state index contributed by atoms with van der Waals surface area (Å²) >= 11 is 0. The molecular weight excluding hydrogens is 494 g/mol. The van der Waals surface area contributed by atoms with Gasteiger partial charge in [0.2, 0.25) is 15.9 Å². The van der Waals surface area contributed by atoms with E-state index in [-0.39, 0.29) is 29.1 Å². The van der Waals surface area contributed by atoms with Gasteiger partial charge in [0.05, 0.1) is 4.90 Å². The van der Waals surface area contributed by atoms with Gasteiger partial charge in [0.15, 0.2) is 0 Å². The molecule has 0 atom stereocenters. The quantitative estimate of drug-likeness (QED) is 0.235. The van der Waals surface area contributed by atoms with Crippen LogP contribution in [0.5, 0.6) is 0 Å². The third kappa shape index (κ3) is 5.85. The highest BCUT2D eigenvalue weighted by Crippen LogP contribution is 2.29. The number of amidine groups is 1. The first-order valence-corrected chi connectivity index (χ1v) is 13.0. The van der Waals surface area contributed by atoms with Gasteiger partial charge in [0, 0.05) is 48.4 Å². The summed E-state index contributed by atoms with van der Waals surface area (Å²) in [6.07, 6.45) is 0.549. The Morgan fingerprint density at radius 1 is 0.919 bits per heavy atom.